The number of hydrogen-bond donors (Lipinski definition) is 0. The molecule has 0 amide bonds. The SMILES string of the molecule is CC(C=O)=C(Br)C(Cl)(Cl)Cl. The Hall–Kier alpha value is 0.760. The predicted octanol–water partition coefficient (Wildman–Crippen LogP) is 3.22. The molecule has 0 saturated heterocycles. The van der Waals surface area contributed by atoms with Crippen molar-refractivity contribution in [2.75, 3.05) is 0 Å². The normalized spacial score (nSPS) is 14.5. The van der Waals surface area contributed by atoms with Crippen LogP contribution in [0.4, 0.5) is 0 Å². The summed E-state index contributed by atoms with van der Waals surface area (Å²) in [7, 11) is 0. The molecule has 0 rings (SSSR count). The molecule has 0 spiro atoms. The Morgan fingerprint density at radius 1 is 1.50 bits per heavy atom. The highest BCUT2D eigenvalue weighted by atomic mass is 79.9. The topological polar surface area (TPSA) is 17.1 Å². The molecule has 0 atom stereocenters. The number of halogens is 4. The van der Waals surface area contributed by atoms with E-state index in [1.165, 1.54) is 0 Å². The Morgan fingerprint density at radius 3 is 2.00 bits per heavy atom. The van der Waals surface area contributed by atoms with Crippen molar-refractivity contribution in [2.45, 2.75) is 10.7 Å². The van der Waals surface area contributed by atoms with E-state index in [0.29, 0.717) is 11.9 Å². The highest BCUT2D eigenvalue weighted by Gasteiger charge is 2.25. The third kappa shape index (κ3) is 3.24. The lowest BCUT2D eigenvalue weighted by Gasteiger charge is -2.09. The van der Waals surface area contributed by atoms with Gasteiger partial charge in [0, 0.05) is 5.57 Å². The van der Waals surface area contributed by atoms with Crippen molar-refractivity contribution in [1.29, 1.82) is 0 Å². The molecule has 0 aromatic heterocycles. The molecule has 0 aliphatic rings. The number of alkyl halides is 3. The van der Waals surface area contributed by atoms with Gasteiger partial charge in [-0.2, -0.15) is 0 Å². The summed E-state index contributed by atoms with van der Waals surface area (Å²) in [5.41, 5.74) is 0.375. The van der Waals surface area contributed by atoms with Gasteiger partial charge in [-0.1, -0.05) is 50.7 Å². The van der Waals surface area contributed by atoms with E-state index in [9.17, 15) is 4.79 Å². The molecule has 0 fully saturated rings. The van der Waals surface area contributed by atoms with Crippen LogP contribution in [0.25, 0.3) is 0 Å². The second-order valence-corrected chi connectivity index (χ2v) is 4.69. The fourth-order valence-electron chi connectivity index (χ4n) is 0.275. The van der Waals surface area contributed by atoms with Crippen molar-refractivity contribution >= 4 is 57.0 Å². The van der Waals surface area contributed by atoms with E-state index in [0.717, 1.165) is 0 Å². The van der Waals surface area contributed by atoms with Crippen molar-refractivity contribution in [3.63, 3.8) is 0 Å². The van der Waals surface area contributed by atoms with Crippen LogP contribution in [0.1, 0.15) is 6.92 Å². The monoisotopic (exact) mass is 264 g/mol. The van der Waals surface area contributed by atoms with Gasteiger partial charge in [-0.05, 0) is 6.92 Å². The van der Waals surface area contributed by atoms with Crippen LogP contribution in [-0.2, 0) is 4.79 Å². The van der Waals surface area contributed by atoms with Crippen LogP contribution >= 0.6 is 50.7 Å². The fourth-order valence-corrected chi connectivity index (χ4v) is 0.816. The molecule has 0 aliphatic carbocycles. The van der Waals surface area contributed by atoms with Gasteiger partial charge < -0.3 is 0 Å². The summed E-state index contributed by atoms with van der Waals surface area (Å²) in [5, 5.41) is 0. The summed E-state index contributed by atoms with van der Waals surface area (Å²) < 4.78 is -1.26. The predicted molar refractivity (Wildman–Crippen MR) is 48.0 cm³/mol. The molecule has 5 heteroatoms. The van der Waals surface area contributed by atoms with Crippen LogP contribution < -0.4 is 0 Å². The molecular formula is C5H4BrCl3O. The van der Waals surface area contributed by atoms with Gasteiger partial charge in [-0.3, -0.25) is 4.79 Å². The molecule has 0 N–H and O–H groups in total. The zero-order valence-electron chi connectivity index (χ0n) is 5.00. The van der Waals surface area contributed by atoms with Crippen LogP contribution in [0.3, 0.4) is 0 Å². The smallest absolute Gasteiger partial charge is 0.222 e. The molecule has 0 aromatic rings. The number of rotatable bonds is 1. The van der Waals surface area contributed by atoms with Crippen LogP contribution in [-0.4, -0.2) is 10.1 Å². The minimum Gasteiger partial charge on any atom is -0.298 e. The summed E-state index contributed by atoms with van der Waals surface area (Å²) in [6.07, 6.45) is 0.617. The van der Waals surface area contributed by atoms with E-state index in [-0.39, 0.29) is 4.48 Å². The molecule has 0 bridgehead atoms. The van der Waals surface area contributed by atoms with E-state index < -0.39 is 3.79 Å². The maximum atomic E-state index is 10.1. The van der Waals surface area contributed by atoms with Crippen molar-refractivity contribution in [1.82, 2.24) is 0 Å². The highest BCUT2D eigenvalue weighted by Crippen LogP contribution is 2.39. The molecule has 0 aromatic carbocycles. The Labute approximate surface area is 82.4 Å². The summed E-state index contributed by atoms with van der Waals surface area (Å²) >= 11 is 19.2. The summed E-state index contributed by atoms with van der Waals surface area (Å²) in [6.45, 7) is 1.55. The molecular weight excluding hydrogens is 262 g/mol. The number of allylic oxidation sites excluding steroid dienone is 2. The van der Waals surface area contributed by atoms with Gasteiger partial charge in [0.15, 0.2) is 0 Å². The zero-order valence-corrected chi connectivity index (χ0v) is 8.85. The van der Waals surface area contributed by atoms with Crippen LogP contribution in [0, 0.1) is 0 Å². The van der Waals surface area contributed by atoms with Crippen molar-refractivity contribution in [3.05, 3.63) is 10.1 Å². The number of carbonyl (C=O) groups is 1. The Kier molecular flexibility index (Phi) is 4.26. The molecule has 0 heterocycles. The first-order chi connectivity index (χ1) is 4.39. The van der Waals surface area contributed by atoms with E-state index >= 15 is 0 Å². The Morgan fingerprint density at radius 2 is 1.90 bits per heavy atom. The largest absolute Gasteiger partial charge is 0.298 e. The van der Waals surface area contributed by atoms with Gasteiger partial charge in [0.05, 0.1) is 4.48 Å². The lowest BCUT2D eigenvalue weighted by molar-refractivity contribution is -0.104. The summed E-state index contributed by atoms with van der Waals surface area (Å²) in [5.74, 6) is 0. The average Bonchev–Trinajstić information content (AvgIpc) is 1.83. The lowest BCUT2D eigenvalue weighted by Crippen LogP contribution is -2.03. The van der Waals surface area contributed by atoms with Crippen LogP contribution in [0.5, 0.6) is 0 Å². The lowest BCUT2D eigenvalue weighted by atomic mass is 10.3. The van der Waals surface area contributed by atoms with E-state index in [4.69, 9.17) is 34.8 Å². The third-order valence-electron chi connectivity index (χ3n) is 0.772. The summed E-state index contributed by atoms with van der Waals surface area (Å²) in [6, 6.07) is 0. The second-order valence-electron chi connectivity index (χ2n) is 1.61. The maximum absolute atomic E-state index is 10.1. The number of carbonyl (C=O) groups excluding carboxylic acids is 1. The molecule has 0 aliphatic heterocycles. The van der Waals surface area contributed by atoms with Gasteiger partial charge in [0.25, 0.3) is 0 Å². The molecule has 0 unspecified atom stereocenters. The third-order valence-corrected chi connectivity index (χ3v) is 3.24. The van der Waals surface area contributed by atoms with Gasteiger partial charge in [0.2, 0.25) is 3.79 Å². The second kappa shape index (κ2) is 3.96. The average molecular weight is 266 g/mol. The van der Waals surface area contributed by atoms with Gasteiger partial charge in [0.1, 0.15) is 6.29 Å². The Bertz CT molecular complexity index is 170. The zero-order chi connectivity index (χ0) is 8.36. The van der Waals surface area contributed by atoms with Gasteiger partial charge in [-0.15, -0.1) is 0 Å². The first-order valence-electron chi connectivity index (χ1n) is 2.28. The van der Waals surface area contributed by atoms with Crippen molar-refractivity contribution < 1.29 is 4.79 Å². The van der Waals surface area contributed by atoms with E-state index in [1.807, 2.05) is 0 Å². The quantitative estimate of drug-likeness (QED) is 0.404. The number of hydrogen-bond acceptors (Lipinski definition) is 1. The van der Waals surface area contributed by atoms with Crippen LogP contribution in [0.2, 0.25) is 0 Å². The van der Waals surface area contributed by atoms with Crippen LogP contribution in [0.15, 0.2) is 10.1 Å². The minimum absolute atomic E-state index is 0.278. The number of aldehydes is 1. The molecule has 1 nitrogen and oxygen atoms in total. The van der Waals surface area contributed by atoms with E-state index in [1.54, 1.807) is 6.92 Å². The Balaban J connectivity index is 4.63. The first-order valence-corrected chi connectivity index (χ1v) is 4.21. The van der Waals surface area contributed by atoms with Crippen molar-refractivity contribution in [3.8, 4) is 0 Å². The molecule has 0 saturated carbocycles. The highest BCUT2D eigenvalue weighted by molar-refractivity contribution is 9.12. The first kappa shape index (κ1) is 10.8. The molecule has 10 heavy (non-hydrogen) atoms. The summed E-state index contributed by atoms with van der Waals surface area (Å²) in [4.78, 5) is 10.1. The molecule has 0 radical (unpaired) electrons. The van der Waals surface area contributed by atoms with E-state index in [2.05, 4.69) is 15.9 Å². The standard InChI is InChI=1S/C5H4BrCl3O/c1-3(2-10)4(6)5(7,8)9/h2H,1H3. The fraction of sp³-hybridized carbons (Fsp3) is 0.400. The maximum Gasteiger partial charge on any atom is 0.222 e. The minimum atomic E-state index is -1.54. The molecule has 58 valence electrons. The van der Waals surface area contributed by atoms with Gasteiger partial charge in [-0.25, -0.2) is 0 Å². The van der Waals surface area contributed by atoms with Gasteiger partial charge >= 0.3 is 0 Å². The van der Waals surface area contributed by atoms with Crippen molar-refractivity contribution in [2.24, 2.45) is 0 Å².